The van der Waals surface area contributed by atoms with Crippen LogP contribution in [-0.2, 0) is 14.3 Å². The van der Waals surface area contributed by atoms with E-state index in [-0.39, 0.29) is 18.0 Å². The van der Waals surface area contributed by atoms with Crippen LogP contribution >= 0.6 is 0 Å². The first-order valence-electron chi connectivity index (χ1n) is 8.56. The van der Waals surface area contributed by atoms with Crippen LogP contribution in [0.5, 0.6) is 0 Å². The van der Waals surface area contributed by atoms with Gasteiger partial charge in [-0.05, 0) is 26.8 Å². The van der Waals surface area contributed by atoms with Gasteiger partial charge in [0, 0.05) is 39.8 Å². The molecular formula is C16H30N4O3. The Balaban J connectivity index is 1.75. The van der Waals surface area contributed by atoms with Crippen LogP contribution in [0.15, 0.2) is 4.99 Å². The van der Waals surface area contributed by atoms with Gasteiger partial charge in [-0.1, -0.05) is 0 Å². The lowest BCUT2D eigenvalue weighted by molar-refractivity contribution is -0.149. The van der Waals surface area contributed by atoms with Gasteiger partial charge in [-0.15, -0.1) is 0 Å². The molecule has 2 heterocycles. The lowest BCUT2D eigenvalue weighted by Gasteiger charge is -2.35. The second kappa shape index (κ2) is 9.08. The number of morpholine rings is 1. The Morgan fingerprint density at radius 1 is 1.35 bits per heavy atom. The molecule has 2 aliphatic heterocycles. The summed E-state index contributed by atoms with van der Waals surface area (Å²) in [5, 5.41) is 3.41. The topological polar surface area (TPSA) is 66.4 Å². The maximum Gasteiger partial charge on any atom is 0.309 e. The highest BCUT2D eigenvalue weighted by Crippen LogP contribution is 2.18. The van der Waals surface area contributed by atoms with E-state index in [9.17, 15) is 4.79 Å². The first-order valence-corrected chi connectivity index (χ1v) is 8.56. The van der Waals surface area contributed by atoms with Crippen molar-refractivity contribution in [1.29, 1.82) is 0 Å². The minimum atomic E-state index is -0.0614. The van der Waals surface area contributed by atoms with E-state index in [1.807, 2.05) is 6.92 Å². The number of nitrogens with one attached hydrogen (secondary N) is 1. The van der Waals surface area contributed by atoms with Crippen molar-refractivity contribution in [3.63, 3.8) is 0 Å². The van der Waals surface area contributed by atoms with Crippen molar-refractivity contribution in [2.45, 2.75) is 25.9 Å². The van der Waals surface area contributed by atoms with E-state index in [1.54, 1.807) is 7.05 Å². The molecule has 0 aromatic carbocycles. The molecule has 23 heavy (non-hydrogen) atoms. The molecule has 0 amide bonds. The molecule has 0 saturated carbocycles. The van der Waals surface area contributed by atoms with Crippen LogP contribution in [0.25, 0.3) is 0 Å². The average Bonchev–Trinajstić information content (AvgIpc) is 2.56. The van der Waals surface area contributed by atoms with Crippen LogP contribution in [0.2, 0.25) is 0 Å². The van der Waals surface area contributed by atoms with Crippen molar-refractivity contribution in [3.05, 3.63) is 0 Å². The van der Waals surface area contributed by atoms with Crippen molar-refractivity contribution in [3.8, 4) is 0 Å². The van der Waals surface area contributed by atoms with Crippen LogP contribution in [-0.4, -0.2) is 87.9 Å². The molecule has 1 N–H and O–H groups in total. The maximum atomic E-state index is 11.8. The van der Waals surface area contributed by atoms with E-state index in [4.69, 9.17) is 9.47 Å². The third-order valence-corrected chi connectivity index (χ3v) is 4.46. The van der Waals surface area contributed by atoms with Gasteiger partial charge in [-0.3, -0.25) is 9.79 Å². The van der Waals surface area contributed by atoms with E-state index in [0.717, 1.165) is 58.1 Å². The van der Waals surface area contributed by atoms with Gasteiger partial charge < -0.3 is 24.6 Å². The van der Waals surface area contributed by atoms with Gasteiger partial charge in [0.15, 0.2) is 5.96 Å². The summed E-state index contributed by atoms with van der Waals surface area (Å²) in [7, 11) is 3.91. The Hall–Kier alpha value is -1.34. The van der Waals surface area contributed by atoms with Crippen LogP contribution in [0.1, 0.15) is 19.8 Å². The summed E-state index contributed by atoms with van der Waals surface area (Å²) in [5.41, 5.74) is 0. The monoisotopic (exact) mass is 326 g/mol. The molecule has 1 atom stereocenters. The van der Waals surface area contributed by atoms with Crippen molar-refractivity contribution in [1.82, 2.24) is 15.1 Å². The average molecular weight is 326 g/mol. The molecule has 0 aromatic rings. The molecule has 1 unspecified atom stereocenters. The fraction of sp³-hybridized carbons (Fsp3) is 0.875. The normalized spacial score (nSPS) is 24.6. The standard InChI is InChI=1S/C16H30N4O3/c1-4-22-15(21)13-5-7-20(8-6-13)16(17-2)18-11-14-12-19(3)9-10-23-14/h13-14H,4-12H2,1-3H3,(H,17,18). The first kappa shape index (κ1) is 18.0. The second-order valence-corrected chi connectivity index (χ2v) is 6.20. The Bertz CT molecular complexity index is 408. The molecule has 0 aromatic heterocycles. The summed E-state index contributed by atoms with van der Waals surface area (Å²) in [5.74, 6) is 0.859. The molecule has 0 aliphatic carbocycles. The number of piperidine rings is 1. The summed E-state index contributed by atoms with van der Waals surface area (Å²) in [4.78, 5) is 20.7. The number of carbonyl (C=O) groups is 1. The number of esters is 1. The predicted octanol–water partition coefficient (Wildman–Crippen LogP) is 0.168. The van der Waals surface area contributed by atoms with E-state index < -0.39 is 0 Å². The Morgan fingerprint density at radius 2 is 2.09 bits per heavy atom. The lowest BCUT2D eigenvalue weighted by atomic mass is 9.97. The van der Waals surface area contributed by atoms with Gasteiger partial charge in [0.25, 0.3) is 0 Å². The third-order valence-electron chi connectivity index (χ3n) is 4.46. The summed E-state index contributed by atoms with van der Waals surface area (Å²) < 4.78 is 10.9. The number of likely N-dealkylation sites (tertiary alicyclic amines) is 1. The van der Waals surface area contributed by atoms with E-state index >= 15 is 0 Å². The summed E-state index contributed by atoms with van der Waals surface area (Å²) in [6, 6.07) is 0. The highest BCUT2D eigenvalue weighted by atomic mass is 16.5. The number of hydrogen-bond donors (Lipinski definition) is 1. The van der Waals surface area contributed by atoms with E-state index in [0.29, 0.717) is 6.61 Å². The zero-order valence-corrected chi connectivity index (χ0v) is 14.6. The van der Waals surface area contributed by atoms with Crippen molar-refractivity contribution in [2.75, 3.05) is 60.0 Å². The summed E-state index contributed by atoms with van der Waals surface area (Å²) in [6.45, 7) is 7.44. The summed E-state index contributed by atoms with van der Waals surface area (Å²) in [6.07, 6.45) is 1.84. The molecule has 2 saturated heterocycles. The molecule has 2 aliphatic rings. The Labute approximate surface area is 139 Å². The largest absolute Gasteiger partial charge is 0.466 e. The molecule has 0 spiro atoms. The van der Waals surface area contributed by atoms with Crippen LogP contribution in [0.3, 0.4) is 0 Å². The molecular weight excluding hydrogens is 296 g/mol. The zero-order chi connectivity index (χ0) is 16.7. The number of rotatable bonds is 4. The van der Waals surface area contributed by atoms with E-state index in [2.05, 4.69) is 27.2 Å². The van der Waals surface area contributed by atoms with Crippen molar-refractivity contribution < 1.29 is 14.3 Å². The highest BCUT2D eigenvalue weighted by molar-refractivity contribution is 5.80. The number of carbonyl (C=O) groups excluding carboxylic acids is 1. The smallest absolute Gasteiger partial charge is 0.309 e. The van der Waals surface area contributed by atoms with Crippen LogP contribution < -0.4 is 5.32 Å². The Kier molecular flexibility index (Phi) is 7.11. The number of aliphatic imine (C=N–C) groups is 1. The number of ether oxygens (including phenoxy) is 2. The van der Waals surface area contributed by atoms with E-state index in [1.165, 1.54) is 0 Å². The fourth-order valence-corrected chi connectivity index (χ4v) is 3.11. The molecule has 7 heteroatoms. The predicted molar refractivity (Wildman–Crippen MR) is 89.5 cm³/mol. The Morgan fingerprint density at radius 3 is 2.70 bits per heavy atom. The summed E-state index contributed by atoms with van der Waals surface area (Å²) >= 11 is 0. The fourth-order valence-electron chi connectivity index (χ4n) is 3.11. The van der Waals surface area contributed by atoms with Crippen LogP contribution in [0.4, 0.5) is 0 Å². The molecule has 2 fully saturated rings. The molecule has 132 valence electrons. The highest BCUT2D eigenvalue weighted by Gasteiger charge is 2.27. The van der Waals surface area contributed by atoms with Crippen molar-refractivity contribution in [2.24, 2.45) is 10.9 Å². The number of nitrogens with zero attached hydrogens (tertiary/aromatic N) is 3. The molecule has 7 nitrogen and oxygen atoms in total. The molecule has 0 radical (unpaired) electrons. The van der Waals surface area contributed by atoms with Crippen molar-refractivity contribution >= 4 is 11.9 Å². The minimum absolute atomic E-state index is 0.0274. The lowest BCUT2D eigenvalue weighted by Crippen LogP contribution is -2.51. The SMILES string of the molecule is CCOC(=O)C1CCN(C(=NC)NCC2CN(C)CCO2)CC1. The second-order valence-electron chi connectivity index (χ2n) is 6.20. The molecule has 2 rings (SSSR count). The number of likely N-dealkylation sites (N-methyl/N-ethyl adjacent to an activating group) is 1. The first-order chi connectivity index (χ1) is 11.1. The number of hydrogen-bond acceptors (Lipinski definition) is 5. The number of guanidine groups is 1. The third kappa shape index (κ3) is 5.35. The maximum absolute atomic E-state index is 11.8. The molecule has 0 bridgehead atoms. The van der Waals surface area contributed by atoms with Gasteiger partial charge in [-0.25, -0.2) is 0 Å². The minimum Gasteiger partial charge on any atom is -0.466 e. The van der Waals surface area contributed by atoms with Gasteiger partial charge in [0.1, 0.15) is 0 Å². The van der Waals surface area contributed by atoms with Gasteiger partial charge >= 0.3 is 5.97 Å². The van der Waals surface area contributed by atoms with Gasteiger partial charge in [0.2, 0.25) is 0 Å². The quantitative estimate of drug-likeness (QED) is 0.451. The van der Waals surface area contributed by atoms with Gasteiger partial charge in [0.05, 0.1) is 25.2 Å². The van der Waals surface area contributed by atoms with Gasteiger partial charge in [-0.2, -0.15) is 0 Å². The van der Waals surface area contributed by atoms with Crippen LogP contribution in [0, 0.1) is 5.92 Å². The zero-order valence-electron chi connectivity index (χ0n) is 14.6.